The summed E-state index contributed by atoms with van der Waals surface area (Å²) in [4.78, 5) is 25.9. The molecule has 0 amide bonds. The zero-order chi connectivity index (χ0) is 21.4. The number of phenolic OH excluding ortho intramolecular Hbond substituents is 1. The van der Waals surface area contributed by atoms with Crippen LogP contribution in [0, 0.1) is 5.82 Å². The van der Waals surface area contributed by atoms with Crippen LogP contribution in [0.5, 0.6) is 5.75 Å². The van der Waals surface area contributed by atoms with Crippen LogP contribution in [0.15, 0.2) is 71.1 Å². The highest BCUT2D eigenvalue weighted by atomic mass is 19.1. The number of carbonyl (C=O) groups is 2. The third-order valence-electron chi connectivity index (χ3n) is 5.80. The van der Waals surface area contributed by atoms with Crippen LogP contribution in [-0.4, -0.2) is 24.0 Å². The molecule has 2 N–H and O–H groups in total. The minimum Gasteiger partial charge on any atom is -0.508 e. The van der Waals surface area contributed by atoms with Crippen molar-refractivity contribution in [2.24, 2.45) is 0 Å². The van der Waals surface area contributed by atoms with Gasteiger partial charge >= 0.3 is 5.97 Å². The summed E-state index contributed by atoms with van der Waals surface area (Å²) in [5.41, 5.74) is 3.96. The lowest BCUT2D eigenvalue weighted by Crippen LogP contribution is -2.36. The van der Waals surface area contributed by atoms with E-state index in [1.807, 2.05) is 0 Å². The van der Waals surface area contributed by atoms with Crippen LogP contribution < -0.4 is 5.32 Å². The highest BCUT2D eigenvalue weighted by Crippen LogP contribution is 2.45. The van der Waals surface area contributed by atoms with E-state index in [4.69, 9.17) is 4.74 Å². The van der Waals surface area contributed by atoms with E-state index in [1.54, 1.807) is 31.2 Å². The summed E-state index contributed by atoms with van der Waals surface area (Å²) in [5, 5.41) is 12.9. The van der Waals surface area contributed by atoms with E-state index < -0.39 is 11.9 Å². The Morgan fingerprint density at radius 1 is 1.07 bits per heavy atom. The lowest BCUT2D eigenvalue weighted by atomic mass is 9.72. The predicted molar refractivity (Wildman–Crippen MR) is 109 cm³/mol. The van der Waals surface area contributed by atoms with Gasteiger partial charge in [-0.3, -0.25) is 4.79 Å². The number of nitrogens with one attached hydrogen (secondary N) is 1. The van der Waals surface area contributed by atoms with E-state index in [9.17, 15) is 19.1 Å². The van der Waals surface area contributed by atoms with Crippen molar-refractivity contribution in [3.05, 3.63) is 88.0 Å². The summed E-state index contributed by atoms with van der Waals surface area (Å²) in [7, 11) is 1.31. The second kappa shape index (κ2) is 7.78. The molecule has 154 valence electrons. The van der Waals surface area contributed by atoms with Gasteiger partial charge in [-0.15, -0.1) is 0 Å². The molecule has 5 nitrogen and oxygen atoms in total. The second-order valence-corrected chi connectivity index (χ2v) is 7.65. The summed E-state index contributed by atoms with van der Waals surface area (Å²) in [6.45, 7) is 1.79. The van der Waals surface area contributed by atoms with Gasteiger partial charge in [0, 0.05) is 29.3 Å². The number of allylic oxidation sites excluding steroid dienone is 3. The zero-order valence-corrected chi connectivity index (χ0v) is 16.7. The SMILES string of the molecule is COC(=O)C1=C(C)NC2=C(C(=O)CC(c3ccc(F)cc3)C2)C1c1ccc(O)cc1. The Balaban J connectivity index is 1.79. The summed E-state index contributed by atoms with van der Waals surface area (Å²) < 4.78 is 18.3. The number of benzene rings is 2. The van der Waals surface area contributed by atoms with Crippen LogP contribution >= 0.6 is 0 Å². The van der Waals surface area contributed by atoms with Crippen molar-refractivity contribution >= 4 is 11.8 Å². The van der Waals surface area contributed by atoms with E-state index in [0.717, 1.165) is 16.8 Å². The van der Waals surface area contributed by atoms with Gasteiger partial charge in [-0.05, 0) is 54.7 Å². The molecule has 0 fully saturated rings. The fourth-order valence-electron chi connectivity index (χ4n) is 4.39. The summed E-state index contributed by atoms with van der Waals surface area (Å²) in [6.07, 6.45) is 0.849. The van der Waals surface area contributed by atoms with Crippen LogP contribution in [0.2, 0.25) is 0 Å². The van der Waals surface area contributed by atoms with Crippen molar-refractivity contribution in [3.8, 4) is 5.75 Å². The molecule has 0 bridgehead atoms. The molecule has 1 aliphatic carbocycles. The molecule has 2 aromatic carbocycles. The zero-order valence-electron chi connectivity index (χ0n) is 16.7. The number of carbonyl (C=O) groups excluding carboxylic acids is 2. The Morgan fingerprint density at radius 3 is 2.33 bits per heavy atom. The molecule has 0 spiro atoms. The number of esters is 1. The van der Waals surface area contributed by atoms with E-state index in [1.165, 1.54) is 31.4 Å². The van der Waals surface area contributed by atoms with E-state index in [-0.39, 0.29) is 29.7 Å². The Morgan fingerprint density at radius 2 is 1.70 bits per heavy atom. The van der Waals surface area contributed by atoms with Crippen LogP contribution in [-0.2, 0) is 14.3 Å². The maximum atomic E-state index is 13.3. The first kappa shape index (κ1) is 19.9. The standard InChI is InChI=1S/C24H22FNO4/c1-13-21(24(29)30-2)22(15-5-9-18(27)10-6-15)23-19(26-13)11-16(12-20(23)28)14-3-7-17(25)8-4-14/h3-10,16,22,26-27H,11-12H2,1-2H3. The predicted octanol–water partition coefficient (Wildman–Crippen LogP) is 4.07. The monoisotopic (exact) mass is 407 g/mol. The average Bonchev–Trinajstić information content (AvgIpc) is 2.73. The molecule has 1 heterocycles. The molecule has 2 aromatic rings. The third kappa shape index (κ3) is 3.49. The Bertz CT molecular complexity index is 1070. The van der Waals surface area contributed by atoms with Gasteiger partial charge in [0.15, 0.2) is 5.78 Å². The largest absolute Gasteiger partial charge is 0.508 e. The number of methoxy groups -OCH3 is 1. The normalized spacial score (nSPS) is 21.2. The smallest absolute Gasteiger partial charge is 0.336 e. The molecule has 4 rings (SSSR count). The second-order valence-electron chi connectivity index (χ2n) is 7.65. The number of hydrogen-bond acceptors (Lipinski definition) is 5. The number of rotatable bonds is 3. The first-order chi connectivity index (χ1) is 14.4. The van der Waals surface area contributed by atoms with Crippen LogP contribution in [0.3, 0.4) is 0 Å². The summed E-state index contributed by atoms with van der Waals surface area (Å²) >= 11 is 0. The van der Waals surface area contributed by atoms with Crippen molar-refractivity contribution in [1.29, 1.82) is 0 Å². The maximum absolute atomic E-state index is 13.3. The maximum Gasteiger partial charge on any atom is 0.336 e. The molecular weight excluding hydrogens is 385 g/mol. The minimum absolute atomic E-state index is 0.0648. The Hall–Kier alpha value is -3.41. The molecule has 0 radical (unpaired) electrons. The van der Waals surface area contributed by atoms with E-state index in [2.05, 4.69) is 5.32 Å². The van der Waals surface area contributed by atoms with Gasteiger partial charge in [-0.1, -0.05) is 24.3 Å². The van der Waals surface area contributed by atoms with Gasteiger partial charge in [0.25, 0.3) is 0 Å². The van der Waals surface area contributed by atoms with E-state index >= 15 is 0 Å². The Labute approximate surface area is 173 Å². The van der Waals surface area contributed by atoms with Crippen molar-refractivity contribution < 1.29 is 23.8 Å². The van der Waals surface area contributed by atoms with Gasteiger partial charge in [-0.25, -0.2) is 9.18 Å². The minimum atomic E-state index is -0.573. The molecule has 30 heavy (non-hydrogen) atoms. The molecule has 1 aliphatic heterocycles. The molecule has 2 unspecified atom stereocenters. The molecule has 2 aliphatic rings. The summed E-state index contributed by atoms with van der Waals surface area (Å²) in [5.74, 6) is -1.42. The fourth-order valence-corrected chi connectivity index (χ4v) is 4.39. The quantitative estimate of drug-likeness (QED) is 0.751. The fraction of sp³-hybridized carbons (Fsp3) is 0.250. The highest BCUT2D eigenvalue weighted by molar-refractivity contribution is 6.04. The number of halogens is 1. The lowest BCUT2D eigenvalue weighted by Gasteiger charge is -2.36. The Kier molecular flexibility index (Phi) is 5.16. The number of ether oxygens (including phenoxy) is 1. The first-order valence-electron chi connectivity index (χ1n) is 9.75. The van der Waals surface area contributed by atoms with Crippen LogP contribution in [0.1, 0.15) is 42.7 Å². The number of phenols is 1. The average molecular weight is 407 g/mol. The molecule has 0 aromatic heterocycles. The van der Waals surface area contributed by atoms with Gasteiger partial charge in [-0.2, -0.15) is 0 Å². The number of aromatic hydroxyl groups is 1. The van der Waals surface area contributed by atoms with Crippen molar-refractivity contribution in [3.63, 3.8) is 0 Å². The first-order valence-corrected chi connectivity index (χ1v) is 9.75. The summed E-state index contributed by atoms with van der Waals surface area (Å²) in [6, 6.07) is 12.7. The number of dihydropyridines is 1. The van der Waals surface area contributed by atoms with Crippen molar-refractivity contribution in [1.82, 2.24) is 5.32 Å². The topological polar surface area (TPSA) is 75.6 Å². The molecule has 6 heteroatoms. The third-order valence-corrected chi connectivity index (χ3v) is 5.80. The van der Waals surface area contributed by atoms with Crippen LogP contribution in [0.4, 0.5) is 4.39 Å². The van der Waals surface area contributed by atoms with Gasteiger partial charge in [0.1, 0.15) is 11.6 Å². The van der Waals surface area contributed by atoms with Gasteiger partial charge in [0.2, 0.25) is 0 Å². The van der Waals surface area contributed by atoms with Gasteiger partial charge in [0.05, 0.1) is 12.7 Å². The molecule has 0 saturated carbocycles. The number of ketones is 1. The van der Waals surface area contributed by atoms with Gasteiger partial charge < -0.3 is 15.2 Å². The highest BCUT2D eigenvalue weighted by Gasteiger charge is 2.41. The van der Waals surface area contributed by atoms with Crippen molar-refractivity contribution in [2.75, 3.05) is 7.11 Å². The molecule has 2 atom stereocenters. The number of hydrogen-bond donors (Lipinski definition) is 2. The molecular formula is C24H22FNO4. The van der Waals surface area contributed by atoms with Crippen molar-refractivity contribution in [2.45, 2.75) is 31.6 Å². The van der Waals surface area contributed by atoms with E-state index in [0.29, 0.717) is 23.3 Å². The van der Waals surface area contributed by atoms with Crippen LogP contribution in [0.25, 0.3) is 0 Å². The molecule has 0 saturated heterocycles. The lowest BCUT2D eigenvalue weighted by molar-refractivity contribution is -0.136. The number of Topliss-reactive ketones (excluding diaryl/α,β-unsaturated/α-hetero) is 1.